The molecule has 2 amide bonds. The topological polar surface area (TPSA) is 83.1 Å². The largest absolute Gasteiger partial charge is 0.346 e. The lowest BCUT2D eigenvalue weighted by Gasteiger charge is -2.30. The van der Waals surface area contributed by atoms with Gasteiger partial charge in [0.15, 0.2) is 0 Å². The SMILES string of the molecule is C[C@H](NC(C)(C)CNC(=O)C(=O)Nc1cccnc1)c1ccccc1. The average molecular weight is 340 g/mol. The van der Waals surface area contributed by atoms with E-state index in [1.54, 1.807) is 18.3 Å². The predicted molar refractivity (Wildman–Crippen MR) is 97.9 cm³/mol. The summed E-state index contributed by atoms with van der Waals surface area (Å²) < 4.78 is 0. The normalized spacial score (nSPS) is 12.3. The van der Waals surface area contributed by atoms with Crippen molar-refractivity contribution in [2.75, 3.05) is 11.9 Å². The zero-order valence-electron chi connectivity index (χ0n) is 14.7. The summed E-state index contributed by atoms with van der Waals surface area (Å²) in [5.41, 5.74) is 1.27. The van der Waals surface area contributed by atoms with E-state index in [4.69, 9.17) is 0 Å². The molecule has 3 N–H and O–H groups in total. The molecule has 6 nitrogen and oxygen atoms in total. The number of nitrogens with one attached hydrogen (secondary N) is 3. The van der Waals surface area contributed by atoms with E-state index < -0.39 is 11.8 Å². The third kappa shape index (κ3) is 6.00. The smallest absolute Gasteiger partial charge is 0.313 e. The Morgan fingerprint density at radius 3 is 2.44 bits per heavy atom. The summed E-state index contributed by atoms with van der Waals surface area (Å²) in [7, 11) is 0. The van der Waals surface area contributed by atoms with Crippen LogP contribution in [0.5, 0.6) is 0 Å². The molecule has 1 heterocycles. The molecule has 1 aromatic carbocycles. The Labute approximate surface area is 148 Å². The van der Waals surface area contributed by atoms with Crippen LogP contribution in [0.1, 0.15) is 32.4 Å². The number of carbonyl (C=O) groups is 2. The van der Waals surface area contributed by atoms with Crippen LogP contribution < -0.4 is 16.0 Å². The molecule has 132 valence electrons. The van der Waals surface area contributed by atoms with Crippen molar-refractivity contribution in [2.45, 2.75) is 32.4 Å². The number of pyridine rings is 1. The maximum absolute atomic E-state index is 12.0. The van der Waals surface area contributed by atoms with E-state index in [9.17, 15) is 9.59 Å². The van der Waals surface area contributed by atoms with E-state index in [0.29, 0.717) is 12.2 Å². The maximum atomic E-state index is 12.0. The Morgan fingerprint density at radius 2 is 1.80 bits per heavy atom. The molecule has 6 heteroatoms. The number of hydrogen-bond acceptors (Lipinski definition) is 4. The van der Waals surface area contributed by atoms with Crippen LogP contribution in [0.25, 0.3) is 0 Å². The summed E-state index contributed by atoms with van der Waals surface area (Å²) in [6.45, 7) is 6.34. The van der Waals surface area contributed by atoms with E-state index in [-0.39, 0.29) is 11.6 Å². The van der Waals surface area contributed by atoms with Crippen molar-refractivity contribution in [1.29, 1.82) is 0 Å². The number of aromatic nitrogens is 1. The van der Waals surface area contributed by atoms with Crippen LogP contribution in [0.2, 0.25) is 0 Å². The van der Waals surface area contributed by atoms with Gasteiger partial charge in [-0.2, -0.15) is 0 Å². The van der Waals surface area contributed by atoms with Gasteiger partial charge in [0.2, 0.25) is 0 Å². The van der Waals surface area contributed by atoms with Crippen LogP contribution in [-0.4, -0.2) is 28.9 Å². The first-order valence-electron chi connectivity index (χ1n) is 8.19. The third-order valence-electron chi connectivity index (χ3n) is 3.72. The minimum atomic E-state index is -0.708. The van der Waals surface area contributed by atoms with Gasteiger partial charge in [-0.3, -0.25) is 14.6 Å². The highest BCUT2D eigenvalue weighted by atomic mass is 16.2. The first-order chi connectivity index (χ1) is 11.9. The fourth-order valence-electron chi connectivity index (χ4n) is 2.47. The minimum Gasteiger partial charge on any atom is -0.346 e. The summed E-state index contributed by atoms with van der Waals surface area (Å²) in [6, 6.07) is 13.5. The monoisotopic (exact) mass is 340 g/mol. The number of hydrogen-bond donors (Lipinski definition) is 3. The van der Waals surface area contributed by atoms with E-state index in [0.717, 1.165) is 5.56 Å². The number of anilines is 1. The van der Waals surface area contributed by atoms with Crippen molar-refractivity contribution in [3.05, 3.63) is 60.4 Å². The predicted octanol–water partition coefficient (Wildman–Crippen LogP) is 2.27. The lowest BCUT2D eigenvalue weighted by atomic mass is 10.0. The molecular formula is C19H24N4O2. The average Bonchev–Trinajstić information content (AvgIpc) is 2.61. The third-order valence-corrected chi connectivity index (χ3v) is 3.72. The second-order valence-corrected chi connectivity index (χ2v) is 6.54. The first-order valence-corrected chi connectivity index (χ1v) is 8.19. The van der Waals surface area contributed by atoms with Crippen molar-refractivity contribution in [3.8, 4) is 0 Å². The highest BCUT2D eigenvalue weighted by Gasteiger charge is 2.23. The van der Waals surface area contributed by atoms with Gasteiger partial charge in [0, 0.05) is 24.3 Å². The van der Waals surface area contributed by atoms with E-state index >= 15 is 0 Å². The summed E-state index contributed by atoms with van der Waals surface area (Å²) in [5, 5.41) is 8.64. The first kappa shape index (κ1) is 18.6. The highest BCUT2D eigenvalue weighted by Crippen LogP contribution is 2.15. The molecule has 2 aromatic rings. The number of carbonyl (C=O) groups excluding carboxylic acids is 2. The zero-order chi connectivity index (χ0) is 18.3. The Hall–Kier alpha value is -2.73. The molecule has 25 heavy (non-hydrogen) atoms. The van der Waals surface area contributed by atoms with Crippen molar-refractivity contribution < 1.29 is 9.59 Å². The molecule has 0 aliphatic heterocycles. The van der Waals surface area contributed by atoms with Gasteiger partial charge in [0.05, 0.1) is 11.9 Å². The van der Waals surface area contributed by atoms with Gasteiger partial charge in [-0.1, -0.05) is 30.3 Å². The molecule has 0 saturated heterocycles. The molecule has 0 aliphatic rings. The lowest BCUT2D eigenvalue weighted by molar-refractivity contribution is -0.136. The Morgan fingerprint density at radius 1 is 1.08 bits per heavy atom. The van der Waals surface area contributed by atoms with Crippen LogP contribution in [0, 0.1) is 0 Å². The Balaban J connectivity index is 1.84. The van der Waals surface area contributed by atoms with E-state index in [1.807, 2.05) is 44.2 Å². The Kier molecular flexibility index (Phi) is 6.25. The molecule has 2 rings (SSSR count). The molecular weight excluding hydrogens is 316 g/mol. The van der Waals surface area contributed by atoms with Crippen molar-refractivity contribution in [1.82, 2.24) is 15.6 Å². The van der Waals surface area contributed by atoms with Gasteiger partial charge in [0.1, 0.15) is 0 Å². The highest BCUT2D eigenvalue weighted by molar-refractivity contribution is 6.39. The van der Waals surface area contributed by atoms with Crippen molar-refractivity contribution in [2.24, 2.45) is 0 Å². The molecule has 0 saturated carbocycles. The quantitative estimate of drug-likeness (QED) is 0.705. The molecule has 0 bridgehead atoms. The molecule has 0 fully saturated rings. The summed E-state index contributed by atoms with van der Waals surface area (Å²) in [6.07, 6.45) is 3.08. The standard InChI is InChI=1S/C19H24N4O2/c1-14(15-8-5-4-6-9-15)23-19(2,3)13-21-17(24)18(25)22-16-10-7-11-20-12-16/h4-12,14,23H,13H2,1-3H3,(H,21,24)(H,22,25)/t14-/m0/s1. The van der Waals surface area contributed by atoms with Crippen LogP contribution in [0.15, 0.2) is 54.9 Å². The molecule has 1 atom stereocenters. The summed E-state index contributed by atoms with van der Waals surface area (Å²) in [5.74, 6) is -1.38. The number of benzene rings is 1. The molecule has 1 aromatic heterocycles. The van der Waals surface area contributed by atoms with Gasteiger partial charge in [-0.25, -0.2) is 0 Å². The molecule has 0 aliphatic carbocycles. The van der Waals surface area contributed by atoms with Crippen LogP contribution in [-0.2, 0) is 9.59 Å². The van der Waals surface area contributed by atoms with Crippen molar-refractivity contribution >= 4 is 17.5 Å². The lowest BCUT2D eigenvalue weighted by Crippen LogP contribution is -2.51. The fraction of sp³-hybridized carbons (Fsp3) is 0.316. The van der Waals surface area contributed by atoms with Crippen LogP contribution in [0.3, 0.4) is 0 Å². The molecule has 0 spiro atoms. The van der Waals surface area contributed by atoms with E-state index in [2.05, 4.69) is 27.9 Å². The second kappa shape index (κ2) is 8.39. The van der Waals surface area contributed by atoms with Crippen LogP contribution in [0.4, 0.5) is 5.69 Å². The maximum Gasteiger partial charge on any atom is 0.313 e. The Bertz CT molecular complexity index is 702. The van der Waals surface area contributed by atoms with Gasteiger partial charge in [-0.15, -0.1) is 0 Å². The van der Waals surface area contributed by atoms with E-state index in [1.165, 1.54) is 6.20 Å². The molecule has 0 radical (unpaired) electrons. The van der Waals surface area contributed by atoms with Crippen LogP contribution >= 0.6 is 0 Å². The summed E-state index contributed by atoms with van der Waals surface area (Å²) >= 11 is 0. The summed E-state index contributed by atoms with van der Waals surface area (Å²) in [4.78, 5) is 27.8. The van der Waals surface area contributed by atoms with Gasteiger partial charge in [0.25, 0.3) is 0 Å². The minimum absolute atomic E-state index is 0.123. The zero-order valence-corrected chi connectivity index (χ0v) is 14.7. The van der Waals surface area contributed by atoms with Gasteiger partial charge < -0.3 is 16.0 Å². The van der Waals surface area contributed by atoms with Gasteiger partial charge in [-0.05, 0) is 38.5 Å². The molecule has 0 unspecified atom stereocenters. The van der Waals surface area contributed by atoms with Gasteiger partial charge >= 0.3 is 11.8 Å². The number of rotatable bonds is 6. The number of amides is 2. The fourth-order valence-corrected chi connectivity index (χ4v) is 2.47. The second-order valence-electron chi connectivity index (χ2n) is 6.54. The van der Waals surface area contributed by atoms with Crippen molar-refractivity contribution in [3.63, 3.8) is 0 Å². The number of nitrogens with zero attached hydrogens (tertiary/aromatic N) is 1.